The van der Waals surface area contributed by atoms with Gasteiger partial charge in [0.15, 0.2) is 0 Å². The number of rotatable bonds is 7. The zero-order valence-corrected chi connectivity index (χ0v) is 14.4. The third-order valence-electron chi connectivity index (χ3n) is 3.56. The molecule has 0 aliphatic carbocycles. The molecule has 1 N–H and O–H groups in total. The molecule has 4 nitrogen and oxygen atoms in total. The van der Waals surface area contributed by atoms with Crippen molar-refractivity contribution in [3.05, 3.63) is 28.8 Å². The Balaban J connectivity index is 2.64. The molecule has 1 aromatic rings. The Labute approximate surface area is 133 Å². The van der Waals surface area contributed by atoms with Crippen LogP contribution in [0, 0.1) is 6.92 Å². The van der Waals surface area contributed by atoms with Crippen LogP contribution in [0.2, 0.25) is 0 Å². The standard InChI is InChI=1S/C18H28O4/c1-6-21-9-10-22-17(20)8-7-14-12-15(18(3,4)5)16(19)11-13(14)2/h11-12,19H,6-10H2,1-5H3. The lowest BCUT2D eigenvalue weighted by Gasteiger charge is -2.22. The second-order valence-corrected chi connectivity index (χ2v) is 6.46. The van der Waals surface area contributed by atoms with Crippen molar-refractivity contribution in [2.45, 2.75) is 52.9 Å². The van der Waals surface area contributed by atoms with Gasteiger partial charge in [0.1, 0.15) is 12.4 Å². The first-order chi connectivity index (χ1) is 10.3. The average Bonchev–Trinajstić information content (AvgIpc) is 2.41. The summed E-state index contributed by atoms with van der Waals surface area (Å²) < 4.78 is 10.2. The van der Waals surface area contributed by atoms with E-state index in [4.69, 9.17) is 9.47 Å². The molecule has 1 rings (SSSR count). The average molecular weight is 308 g/mol. The summed E-state index contributed by atoms with van der Waals surface area (Å²) in [6.07, 6.45) is 0.948. The number of phenolic OH excluding ortho intramolecular Hbond substituents is 1. The molecule has 1 aromatic carbocycles. The maximum atomic E-state index is 11.7. The third kappa shape index (κ3) is 5.68. The first-order valence-electron chi connectivity index (χ1n) is 7.82. The van der Waals surface area contributed by atoms with E-state index >= 15 is 0 Å². The lowest BCUT2D eigenvalue weighted by Crippen LogP contribution is -2.14. The summed E-state index contributed by atoms with van der Waals surface area (Å²) in [5.74, 6) is 0.0949. The second kappa shape index (κ2) is 8.18. The minimum absolute atomic E-state index is 0.134. The number of benzene rings is 1. The summed E-state index contributed by atoms with van der Waals surface area (Å²) in [5.41, 5.74) is 2.83. The second-order valence-electron chi connectivity index (χ2n) is 6.46. The van der Waals surface area contributed by atoms with E-state index in [0.717, 1.165) is 16.7 Å². The Bertz CT molecular complexity index is 501. The van der Waals surface area contributed by atoms with E-state index in [1.165, 1.54) is 0 Å². The van der Waals surface area contributed by atoms with Gasteiger partial charge in [-0.25, -0.2) is 0 Å². The molecule has 0 aromatic heterocycles. The minimum Gasteiger partial charge on any atom is -0.508 e. The number of carbonyl (C=O) groups excluding carboxylic acids is 1. The molecule has 0 fully saturated rings. The van der Waals surface area contributed by atoms with Crippen LogP contribution in [0.15, 0.2) is 12.1 Å². The van der Waals surface area contributed by atoms with Crippen molar-refractivity contribution in [1.82, 2.24) is 0 Å². The number of hydrogen-bond donors (Lipinski definition) is 1. The lowest BCUT2D eigenvalue weighted by atomic mass is 9.84. The van der Waals surface area contributed by atoms with Crippen LogP contribution < -0.4 is 0 Å². The summed E-state index contributed by atoms with van der Waals surface area (Å²) >= 11 is 0. The van der Waals surface area contributed by atoms with Gasteiger partial charge in [0, 0.05) is 13.0 Å². The van der Waals surface area contributed by atoms with Crippen molar-refractivity contribution in [1.29, 1.82) is 0 Å². The lowest BCUT2D eigenvalue weighted by molar-refractivity contribution is -0.145. The Morgan fingerprint density at radius 1 is 1.23 bits per heavy atom. The van der Waals surface area contributed by atoms with Gasteiger partial charge in [0.25, 0.3) is 0 Å². The SMILES string of the molecule is CCOCCOC(=O)CCc1cc(C(C)(C)C)c(O)cc1C. The van der Waals surface area contributed by atoms with Crippen molar-refractivity contribution in [3.8, 4) is 5.75 Å². The predicted octanol–water partition coefficient (Wildman–Crippen LogP) is 3.51. The fourth-order valence-corrected chi connectivity index (χ4v) is 2.28. The molecular weight excluding hydrogens is 280 g/mol. The number of ether oxygens (including phenoxy) is 2. The molecule has 0 amide bonds. The summed E-state index contributed by atoms with van der Waals surface area (Å²) in [6.45, 7) is 11.4. The number of phenols is 1. The van der Waals surface area contributed by atoms with Crippen molar-refractivity contribution in [2.75, 3.05) is 19.8 Å². The van der Waals surface area contributed by atoms with Gasteiger partial charge >= 0.3 is 5.97 Å². The molecule has 0 heterocycles. The summed E-state index contributed by atoms with van der Waals surface area (Å²) in [5, 5.41) is 10.1. The van der Waals surface area contributed by atoms with Gasteiger partial charge in [-0.2, -0.15) is 0 Å². The molecule has 0 aliphatic heterocycles. The van der Waals surface area contributed by atoms with Crippen LogP contribution in [0.4, 0.5) is 0 Å². The topological polar surface area (TPSA) is 55.8 Å². The van der Waals surface area contributed by atoms with E-state index in [1.807, 2.05) is 19.9 Å². The van der Waals surface area contributed by atoms with Gasteiger partial charge in [0.2, 0.25) is 0 Å². The van der Waals surface area contributed by atoms with Crippen LogP contribution in [-0.2, 0) is 26.1 Å². The summed E-state index contributed by atoms with van der Waals surface area (Å²) in [6, 6.07) is 3.77. The smallest absolute Gasteiger partial charge is 0.306 e. The van der Waals surface area contributed by atoms with Crippen molar-refractivity contribution < 1.29 is 19.4 Å². The molecular formula is C18H28O4. The van der Waals surface area contributed by atoms with Crippen LogP contribution in [0.1, 0.15) is 50.8 Å². The Kier molecular flexibility index (Phi) is 6.88. The molecule has 124 valence electrons. The Morgan fingerprint density at radius 2 is 1.91 bits per heavy atom. The van der Waals surface area contributed by atoms with E-state index in [0.29, 0.717) is 38.4 Å². The van der Waals surface area contributed by atoms with Gasteiger partial charge in [-0.3, -0.25) is 4.79 Å². The van der Waals surface area contributed by atoms with Crippen LogP contribution in [0.3, 0.4) is 0 Å². The normalized spacial score (nSPS) is 11.5. The zero-order valence-electron chi connectivity index (χ0n) is 14.4. The first-order valence-corrected chi connectivity index (χ1v) is 7.82. The van der Waals surface area contributed by atoms with Crippen molar-refractivity contribution in [3.63, 3.8) is 0 Å². The highest BCUT2D eigenvalue weighted by molar-refractivity contribution is 5.69. The van der Waals surface area contributed by atoms with Gasteiger partial charge in [-0.05, 0) is 48.4 Å². The molecule has 0 spiro atoms. The van der Waals surface area contributed by atoms with Crippen LogP contribution >= 0.6 is 0 Å². The molecule has 0 aliphatic rings. The largest absolute Gasteiger partial charge is 0.508 e. The highest BCUT2D eigenvalue weighted by Gasteiger charge is 2.19. The number of aryl methyl sites for hydroxylation is 2. The Morgan fingerprint density at radius 3 is 2.50 bits per heavy atom. The fraction of sp³-hybridized carbons (Fsp3) is 0.611. The maximum absolute atomic E-state index is 11.7. The van der Waals surface area contributed by atoms with Gasteiger partial charge in [0.05, 0.1) is 6.61 Å². The monoisotopic (exact) mass is 308 g/mol. The molecule has 0 unspecified atom stereocenters. The van der Waals surface area contributed by atoms with Crippen LogP contribution in [-0.4, -0.2) is 30.9 Å². The third-order valence-corrected chi connectivity index (χ3v) is 3.56. The van der Waals surface area contributed by atoms with Crippen molar-refractivity contribution >= 4 is 5.97 Å². The number of aromatic hydroxyl groups is 1. The number of hydrogen-bond acceptors (Lipinski definition) is 4. The predicted molar refractivity (Wildman–Crippen MR) is 87.3 cm³/mol. The summed E-state index contributed by atoms with van der Waals surface area (Å²) in [4.78, 5) is 11.7. The molecule has 4 heteroatoms. The van der Waals surface area contributed by atoms with E-state index in [-0.39, 0.29) is 11.4 Å². The van der Waals surface area contributed by atoms with Gasteiger partial charge in [-0.1, -0.05) is 26.8 Å². The van der Waals surface area contributed by atoms with E-state index in [2.05, 4.69) is 20.8 Å². The van der Waals surface area contributed by atoms with Crippen LogP contribution in [0.5, 0.6) is 5.75 Å². The maximum Gasteiger partial charge on any atom is 0.306 e. The van der Waals surface area contributed by atoms with E-state index in [9.17, 15) is 9.90 Å². The Hall–Kier alpha value is -1.55. The zero-order chi connectivity index (χ0) is 16.8. The number of esters is 1. The van der Waals surface area contributed by atoms with Crippen molar-refractivity contribution in [2.24, 2.45) is 0 Å². The molecule has 0 saturated heterocycles. The number of carbonyl (C=O) groups is 1. The highest BCUT2D eigenvalue weighted by Crippen LogP contribution is 2.33. The quantitative estimate of drug-likeness (QED) is 0.618. The molecule has 0 atom stereocenters. The van der Waals surface area contributed by atoms with Gasteiger partial charge < -0.3 is 14.6 Å². The minimum atomic E-state index is -0.218. The molecule has 0 bridgehead atoms. The highest BCUT2D eigenvalue weighted by atomic mass is 16.6. The summed E-state index contributed by atoms with van der Waals surface area (Å²) in [7, 11) is 0. The van der Waals surface area contributed by atoms with E-state index in [1.54, 1.807) is 6.07 Å². The fourth-order valence-electron chi connectivity index (χ4n) is 2.28. The van der Waals surface area contributed by atoms with Gasteiger partial charge in [-0.15, -0.1) is 0 Å². The molecule has 0 radical (unpaired) electrons. The van der Waals surface area contributed by atoms with E-state index < -0.39 is 0 Å². The molecule has 0 saturated carbocycles. The molecule has 22 heavy (non-hydrogen) atoms. The first kappa shape index (κ1) is 18.5. The van der Waals surface area contributed by atoms with Crippen LogP contribution in [0.25, 0.3) is 0 Å².